The van der Waals surface area contributed by atoms with Gasteiger partial charge in [0.1, 0.15) is 5.69 Å². The lowest BCUT2D eigenvalue weighted by molar-refractivity contribution is 0.102. The lowest BCUT2D eigenvalue weighted by atomic mass is 10.1. The monoisotopic (exact) mass is 260 g/mol. The van der Waals surface area contributed by atoms with Gasteiger partial charge < -0.3 is 16.2 Å². The van der Waals surface area contributed by atoms with Crippen molar-refractivity contribution < 1.29 is 9.90 Å². The number of aryl methyl sites for hydroxylation is 1. The van der Waals surface area contributed by atoms with Gasteiger partial charge >= 0.3 is 0 Å². The fraction of sp³-hybridized carbons (Fsp3) is 0.231. The third-order valence-electron chi connectivity index (χ3n) is 2.70. The van der Waals surface area contributed by atoms with Crippen LogP contribution in [0, 0.1) is 0 Å². The molecule has 1 aromatic heterocycles. The average molecular weight is 260 g/mol. The molecule has 1 heterocycles. The topological polar surface area (TPSA) is 104 Å². The van der Waals surface area contributed by atoms with E-state index in [9.17, 15) is 4.79 Å². The van der Waals surface area contributed by atoms with Crippen molar-refractivity contribution in [1.82, 2.24) is 10.2 Å². The van der Waals surface area contributed by atoms with Crippen molar-refractivity contribution in [2.45, 2.75) is 12.8 Å². The molecule has 5 N–H and O–H groups in total. The molecule has 0 aliphatic carbocycles. The smallest absolute Gasteiger partial charge is 0.275 e. The van der Waals surface area contributed by atoms with Crippen LogP contribution >= 0.6 is 0 Å². The number of aliphatic hydroxyl groups is 1. The predicted molar refractivity (Wildman–Crippen MR) is 72.8 cm³/mol. The first-order chi connectivity index (χ1) is 9.20. The minimum Gasteiger partial charge on any atom is -0.396 e. The van der Waals surface area contributed by atoms with Crippen LogP contribution in [-0.4, -0.2) is 27.8 Å². The van der Waals surface area contributed by atoms with Crippen molar-refractivity contribution in [1.29, 1.82) is 0 Å². The lowest BCUT2D eigenvalue weighted by Crippen LogP contribution is -2.14. The second kappa shape index (κ2) is 6.01. The molecule has 19 heavy (non-hydrogen) atoms. The van der Waals surface area contributed by atoms with Crippen LogP contribution in [0.4, 0.5) is 11.4 Å². The van der Waals surface area contributed by atoms with Crippen molar-refractivity contribution in [3.05, 3.63) is 41.7 Å². The number of aromatic amines is 1. The first-order valence-corrected chi connectivity index (χ1v) is 6.00. The minimum absolute atomic E-state index is 0.154. The zero-order valence-corrected chi connectivity index (χ0v) is 10.4. The van der Waals surface area contributed by atoms with E-state index in [2.05, 4.69) is 15.5 Å². The Bertz CT molecular complexity index is 565. The van der Waals surface area contributed by atoms with Crippen LogP contribution in [0.3, 0.4) is 0 Å². The second-order valence-corrected chi connectivity index (χ2v) is 4.18. The fourth-order valence-corrected chi connectivity index (χ4v) is 1.76. The normalized spacial score (nSPS) is 10.4. The van der Waals surface area contributed by atoms with Crippen molar-refractivity contribution in [2.75, 3.05) is 17.7 Å². The second-order valence-electron chi connectivity index (χ2n) is 4.18. The number of nitrogen functional groups attached to an aromatic ring is 1. The number of benzene rings is 1. The lowest BCUT2D eigenvalue weighted by Gasteiger charge is -2.06. The van der Waals surface area contributed by atoms with Crippen LogP contribution in [-0.2, 0) is 6.42 Å². The molecule has 1 amide bonds. The Kier molecular flexibility index (Phi) is 4.15. The summed E-state index contributed by atoms with van der Waals surface area (Å²) in [5, 5.41) is 17.8. The fourth-order valence-electron chi connectivity index (χ4n) is 1.76. The molecular formula is C13H16N4O2. The van der Waals surface area contributed by atoms with Crippen LogP contribution in [0.1, 0.15) is 22.5 Å². The number of carbonyl (C=O) groups is 1. The van der Waals surface area contributed by atoms with Gasteiger partial charge in [-0.3, -0.25) is 9.89 Å². The van der Waals surface area contributed by atoms with Gasteiger partial charge in [-0.25, -0.2) is 0 Å². The molecule has 2 aromatic rings. The summed E-state index contributed by atoms with van der Waals surface area (Å²) in [6.45, 7) is 0.154. The van der Waals surface area contributed by atoms with E-state index in [1.54, 1.807) is 6.07 Å². The zero-order chi connectivity index (χ0) is 13.7. The highest BCUT2D eigenvalue weighted by Crippen LogP contribution is 2.14. The first kappa shape index (κ1) is 13.1. The Balaban J connectivity index is 2.07. The highest BCUT2D eigenvalue weighted by atomic mass is 16.2. The Morgan fingerprint density at radius 2 is 2.32 bits per heavy atom. The van der Waals surface area contributed by atoms with E-state index in [4.69, 9.17) is 10.8 Å². The van der Waals surface area contributed by atoms with Crippen molar-refractivity contribution in [3.63, 3.8) is 0 Å². The summed E-state index contributed by atoms with van der Waals surface area (Å²) in [6, 6.07) is 7.49. The average Bonchev–Trinajstić information content (AvgIpc) is 2.83. The van der Waals surface area contributed by atoms with Gasteiger partial charge in [0.15, 0.2) is 0 Å². The van der Waals surface area contributed by atoms with E-state index in [1.807, 2.05) is 18.2 Å². The molecule has 0 radical (unpaired) electrons. The van der Waals surface area contributed by atoms with Crippen LogP contribution < -0.4 is 11.1 Å². The Hall–Kier alpha value is -2.34. The number of nitrogens with zero attached hydrogens (tertiary/aromatic N) is 1. The SMILES string of the molecule is Nc1cn[nH]c1C(=O)Nc1cccc(CCCO)c1. The molecule has 0 saturated heterocycles. The number of nitrogens with two attached hydrogens (primary N) is 1. The number of aromatic nitrogens is 2. The standard InChI is InChI=1S/C13H16N4O2/c14-11-8-15-17-12(11)13(19)16-10-5-1-3-9(7-10)4-2-6-18/h1,3,5,7-8,18H,2,4,6,14H2,(H,15,17)(H,16,19). The van der Waals surface area contributed by atoms with E-state index < -0.39 is 0 Å². The van der Waals surface area contributed by atoms with Gasteiger partial charge in [-0.15, -0.1) is 0 Å². The number of nitrogens with one attached hydrogen (secondary N) is 2. The Morgan fingerprint density at radius 3 is 3.00 bits per heavy atom. The van der Waals surface area contributed by atoms with Gasteiger partial charge in [0.05, 0.1) is 11.9 Å². The highest BCUT2D eigenvalue weighted by molar-refractivity contribution is 6.06. The van der Waals surface area contributed by atoms with Crippen molar-refractivity contribution in [3.8, 4) is 0 Å². The number of H-pyrrole nitrogens is 1. The first-order valence-electron chi connectivity index (χ1n) is 6.00. The molecule has 6 nitrogen and oxygen atoms in total. The van der Waals surface area contributed by atoms with Crippen molar-refractivity contribution in [2.24, 2.45) is 0 Å². The third kappa shape index (κ3) is 3.32. The number of rotatable bonds is 5. The summed E-state index contributed by atoms with van der Waals surface area (Å²) in [6.07, 6.45) is 2.86. The number of amides is 1. The molecule has 0 spiro atoms. The maximum absolute atomic E-state index is 11.9. The number of carbonyl (C=O) groups excluding carboxylic acids is 1. The van der Waals surface area contributed by atoms with Crippen LogP contribution in [0.5, 0.6) is 0 Å². The largest absolute Gasteiger partial charge is 0.396 e. The van der Waals surface area contributed by atoms with E-state index in [0.29, 0.717) is 17.8 Å². The maximum atomic E-state index is 11.9. The van der Waals surface area contributed by atoms with Crippen LogP contribution in [0.15, 0.2) is 30.5 Å². The van der Waals surface area contributed by atoms with Crippen molar-refractivity contribution >= 4 is 17.3 Å². The summed E-state index contributed by atoms with van der Waals surface area (Å²) < 4.78 is 0. The Labute approximate surface area is 110 Å². The molecule has 1 aromatic carbocycles. The van der Waals surface area contributed by atoms with Gasteiger partial charge in [-0.05, 0) is 30.5 Å². The van der Waals surface area contributed by atoms with E-state index in [1.165, 1.54) is 6.20 Å². The number of hydrogen-bond donors (Lipinski definition) is 4. The molecule has 0 aliphatic heterocycles. The van der Waals surface area contributed by atoms with E-state index >= 15 is 0 Å². The number of hydrogen-bond acceptors (Lipinski definition) is 4. The van der Waals surface area contributed by atoms with E-state index in [0.717, 1.165) is 12.0 Å². The summed E-state index contributed by atoms with van der Waals surface area (Å²) in [5.41, 5.74) is 7.92. The molecule has 2 rings (SSSR count). The molecule has 0 fully saturated rings. The van der Waals surface area contributed by atoms with E-state index in [-0.39, 0.29) is 18.2 Å². The van der Waals surface area contributed by atoms with Gasteiger partial charge in [0.25, 0.3) is 5.91 Å². The van der Waals surface area contributed by atoms with Gasteiger partial charge in [-0.2, -0.15) is 5.10 Å². The predicted octanol–water partition coefficient (Wildman–Crippen LogP) is 1.17. The highest BCUT2D eigenvalue weighted by Gasteiger charge is 2.11. The van der Waals surface area contributed by atoms with Crippen LogP contribution in [0.2, 0.25) is 0 Å². The van der Waals surface area contributed by atoms with Gasteiger partial charge in [0, 0.05) is 12.3 Å². The summed E-state index contributed by atoms with van der Waals surface area (Å²) >= 11 is 0. The molecule has 100 valence electrons. The summed E-state index contributed by atoms with van der Waals surface area (Å²) in [7, 11) is 0. The molecule has 0 aliphatic rings. The maximum Gasteiger partial charge on any atom is 0.275 e. The molecule has 0 bridgehead atoms. The zero-order valence-electron chi connectivity index (χ0n) is 10.4. The third-order valence-corrected chi connectivity index (χ3v) is 2.70. The quantitative estimate of drug-likeness (QED) is 0.647. The summed E-state index contributed by atoms with van der Waals surface area (Å²) in [4.78, 5) is 11.9. The minimum atomic E-state index is -0.325. The Morgan fingerprint density at radius 1 is 1.47 bits per heavy atom. The number of anilines is 2. The molecular weight excluding hydrogens is 244 g/mol. The molecule has 0 unspecified atom stereocenters. The molecule has 6 heteroatoms. The van der Waals surface area contributed by atoms with Gasteiger partial charge in [0.2, 0.25) is 0 Å². The summed E-state index contributed by atoms with van der Waals surface area (Å²) in [5.74, 6) is -0.325. The van der Waals surface area contributed by atoms with Gasteiger partial charge in [-0.1, -0.05) is 12.1 Å². The molecule has 0 atom stereocenters. The number of aliphatic hydroxyl groups excluding tert-OH is 1. The van der Waals surface area contributed by atoms with Crippen LogP contribution in [0.25, 0.3) is 0 Å². The molecule has 0 saturated carbocycles.